The van der Waals surface area contributed by atoms with E-state index in [2.05, 4.69) is 0 Å². The summed E-state index contributed by atoms with van der Waals surface area (Å²) in [5, 5.41) is 0. The van der Waals surface area contributed by atoms with E-state index in [1.807, 2.05) is 12.1 Å². The number of carbonyl (C=O) groups is 2. The van der Waals surface area contributed by atoms with E-state index >= 15 is 0 Å². The molecule has 0 aliphatic carbocycles. The van der Waals surface area contributed by atoms with Gasteiger partial charge in [0.2, 0.25) is 5.91 Å². The number of benzene rings is 2. The number of ketones is 1. The number of carbonyl (C=O) groups excluding carboxylic acids is 2. The van der Waals surface area contributed by atoms with Crippen LogP contribution in [0.15, 0.2) is 48.5 Å². The zero-order chi connectivity index (χ0) is 21.5. The first kappa shape index (κ1) is 21.4. The molecular weight excluding hydrogens is 382 g/mol. The summed E-state index contributed by atoms with van der Waals surface area (Å²) in [5.74, 6) is 2.06. The topological polar surface area (TPSA) is 65.1 Å². The van der Waals surface area contributed by atoms with Gasteiger partial charge in [0.25, 0.3) is 0 Å². The molecule has 0 atom stereocenters. The maximum atomic E-state index is 12.7. The van der Waals surface area contributed by atoms with Crippen molar-refractivity contribution in [3.8, 4) is 17.2 Å². The normalized spacial score (nSPS) is 14.6. The van der Waals surface area contributed by atoms with Gasteiger partial charge in [-0.15, -0.1) is 0 Å². The van der Waals surface area contributed by atoms with Gasteiger partial charge in [0.1, 0.15) is 17.2 Å². The Balaban J connectivity index is 1.57. The second kappa shape index (κ2) is 9.96. The molecule has 0 spiro atoms. The second-order valence-corrected chi connectivity index (χ2v) is 7.13. The van der Waals surface area contributed by atoms with Crippen molar-refractivity contribution in [3.63, 3.8) is 0 Å². The van der Waals surface area contributed by atoms with E-state index in [0.29, 0.717) is 43.0 Å². The number of hydrogen-bond donors (Lipinski definition) is 0. The molecule has 2 aromatic rings. The fourth-order valence-electron chi connectivity index (χ4n) is 3.58. The Morgan fingerprint density at radius 3 is 2.13 bits per heavy atom. The van der Waals surface area contributed by atoms with Crippen LogP contribution in [-0.4, -0.2) is 51.0 Å². The first-order valence-corrected chi connectivity index (χ1v) is 9.93. The van der Waals surface area contributed by atoms with Crippen molar-refractivity contribution >= 4 is 17.8 Å². The van der Waals surface area contributed by atoms with E-state index in [0.717, 1.165) is 11.3 Å². The Labute approximate surface area is 177 Å². The van der Waals surface area contributed by atoms with Crippen molar-refractivity contribution in [1.29, 1.82) is 0 Å². The van der Waals surface area contributed by atoms with Gasteiger partial charge in [0.15, 0.2) is 5.78 Å². The minimum atomic E-state index is -0.0665. The lowest BCUT2D eigenvalue weighted by Gasteiger charge is -2.30. The minimum absolute atomic E-state index is 0.0619. The van der Waals surface area contributed by atoms with Crippen molar-refractivity contribution in [3.05, 3.63) is 59.7 Å². The molecule has 1 aliphatic rings. The molecule has 158 valence electrons. The van der Waals surface area contributed by atoms with Crippen LogP contribution in [-0.2, 0) is 4.79 Å². The molecule has 0 bridgehead atoms. The van der Waals surface area contributed by atoms with Gasteiger partial charge in [-0.05, 0) is 55.3 Å². The Morgan fingerprint density at radius 1 is 0.900 bits per heavy atom. The maximum absolute atomic E-state index is 12.7. The van der Waals surface area contributed by atoms with E-state index < -0.39 is 0 Å². The maximum Gasteiger partial charge on any atom is 0.246 e. The number of Topliss-reactive ketones (excluding diaryl/α,β-unsaturated/α-hetero) is 1. The average Bonchev–Trinajstić information content (AvgIpc) is 2.82. The highest BCUT2D eigenvalue weighted by Crippen LogP contribution is 2.26. The average molecular weight is 409 g/mol. The van der Waals surface area contributed by atoms with Crippen LogP contribution in [0, 0.1) is 5.92 Å². The molecule has 0 unspecified atom stereocenters. The molecule has 1 aliphatic heterocycles. The number of hydrogen-bond acceptors (Lipinski definition) is 5. The third-order valence-electron chi connectivity index (χ3n) is 5.40. The third kappa shape index (κ3) is 5.00. The van der Waals surface area contributed by atoms with E-state index in [4.69, 9.17) is 14.2 Å². The van der Waals surface area contributed by atoms with E-state index in [1.54, 1.807) is 68.7 Å². The second-order valence-electron chi connectivity index (χ2n) is 7.13. The number of methoxy groups -OCH3 is 3. The lowest BCUT2D eigenvalue weighted by Crippen LogP contribution is -2.39. The molecule has 2 aromatic carbocycles. The standard InChI is InChI=1S/C24H27NO5/c1-28-20-8-5-18(6-9-20)24(27)19-12-14-25(15-13-19)23(26)11-7-17-4-10-21(29-2)16-22(17)30-3/h4-11,16,19H,12-15H2,1-3H3. The van der Waals surface area contributed by atoms with Gasteiger partial charge in [-0.25, -0.2) is 0 Å². The summed E-state index contributed by atoms with van der Waals surface area (Å²) in [7, 11) is 4.78. The summed E-state index contributed by atoms with van der Waals surface area (Å²) in [6.07, 6.45) is 4.62. The van der Waals surface area contributed by atoms with Gasteiger partial charge in [-0.2, -0.15) is 0 Å². The van der Waals surface area contributed by atoms with Crippen molar-refractivity contribution < 1.29 is 23.8 Å². The molecule has 6 nitrogen and oxygen atoms in total. The molecule has 6 heteroatoms. The Hall–Kier alpha value is -3.28. The fourth-order valence-corrected chi connectivity index (χ4v) is 3.58. The smallest absolute Gasteiger partial charge is 0.246 e. The number of rotatable bonds is 7. The molecule has 30 heavy (non-hydrogen) atoms. The SMILES string of the molecule is COc1ccc(C(=O)C2CCN(C(=O)C=Cc3ccc(OC)cc3OC)CC2)cc1. The summed E-state index contributed by atoms with van der Waals surface area (Å²) in [6, 6.07) is 12.6. The predicted molar refractivity (Wildman–Crippen MR) is 115 cm³/mol. The molecule has 0 N–H and O–H groups in total. The van der Waals surface area contributed by atoms with Gasteiger partial charge < -0.3 is 19.1 Å². The largest absolute Gasteiger partial charge is 0.497 e. The van der Waals surface area contributed by atoms with Crippen LogP contribution in [0.5, 0.6) is 17.2 Å². The van der Waals surface area contributed by atoms with E-state index in [9.17, 15) is 9.59 Å². The van der Waals surface area contributed by atoms with Gasteiger partial charge in [0.05, 0.1) is 21.3 Å². The molecule has 1 amide bonds. The summed E-state index contributed by atoms with van der Waals surface area (Å²) >= 11 is 0. The molecule has 0 aromatic heterocycles. The van der Waals surface area contributed by atoms with Crippen LogP contribution in [0.25, 0.3) is 6.08 Å². The summed E-state index contributed by atoms with van der Waals surface area (Å²) < 4.78 is 15.7. The van der Waals surface area contributed by atoms with Crippen LogP contribution < -0.4 is 14.2 Å². The Morgan fingerprint density at radius 2 is 1.53 bits per heavy atom. The van der Waals surface area contributed by atoms with Gasteiger partial charge in [-0.3, -0.25) is 9.59 Å². The van der Waals surface area contributed by atoms with Crippen LogP contribution in [0.2, 0.25) is 0 Å². The Kier molecular flexibility index (Phi) is 7.12. The van der Waals surface area contributed by atoms with Crippen molar-refractivity contribution in [2.45, 2.75) is 12.8 Å². The van der Waals surface area contributed by atoms with Crippen LogP contribution in [0.3, 0.4) is 0 Å². The molecule has 0 saturated carbocycles. The monoisotopic (exact) mass is 409 g/mol. The lowest BCUT2D eigenvalue weighted by atomic mass is 9.89. The fraction of sp³-hybridized carbons (Fsp3) is 0.333. The van der Waals surface area contributed by atoms with Gasteiger partial charge >= 0.3 is 0 Å². The first-order valence-electron chi connectivity index (χ1n) is 9.93. The van der Waals surface area contributed by atoms with Crippen LogP contribution >= 0.6 is 0 Å². The van der Waals surface area contributed by atoms with Crippen LogP contribution in [0.1, 0.15) is 28.8 Å². The van der Waals surface area contributed by atoms with Crippen LogP contribution in [0.4, 0.5) is 0 Å². The number of piperidine rings is 1. The van der Waals surface area contributed by atoms with Crippen molar-refractivity contribution in [2.24, 2.45) is 5.92 Å². The highest BCUT2D eigenvalue weighted by atomic mass is 16.5. The number of likely N-dealkylation sites (tertiary alicyclic amines) is 1. The Bertz CT molecular complexity index is 912. The lowest BCUT2D eigenvalue weighted by molar-refractivity contribution is -0.127. The van der Waals surface area contributed by atoms with E-state index in [-0.39, 0.29) is 17.6 Å². The van der Waals surface area contributed by atoms with Gasteiger partial charge in [-0.1, -0.05) is 0 Å². The quantitative estimate of drug-likeness (QED) is 0.513. The highest BCUT2D eigenvalue weighted by Gasteiger charge is 2.27. The zero-order valence-electron chi connectivity index (χ0n) is 17.6. The highest BCUT2D eigenvalue weighted by molar-refractivity contribution is 5.98. The minimum Gasteiger partial charge on any atom is -0.497 e. The first-order chi connectivity index (χ1) is 14.5. The summed E-state index contributed by atoms with van der Waals surface area (Å²) in [6.45, 7) is 1.13. The van der Waals surface area contributed by atoms with Crippen molar-refractivity contribution in [2.75, 3.05) is 34.4 Å². The molecular formula is C24H27NO5. The molecule has 1 heterocycles. The number of ether oxygens (including phenoxy) is 3. The summed E-state index contributed by atoms with van der Waals surface area (Å²) in [5.41, 5.74) is 1.49. The summed E-state index contributed by atoms with van der Waals surface area (Å²) in [4.78, 5) is 27.1. The molecule has 1 saturated heterocycles. The van der Waals surface area contributed by atoms with Gasteiger partial charge in [0, 0.05) is 42.3 Å². The molecule has 0 radical (unpaired) electrons. The van der Waals surface area contributed by atoms with E-state index in [1.165, 1.54) is 0 Å². The third-order valence-corrected chi connectivity index (χ3v) is 5.40. The number of nitrogens with zero attached hydrogens (tertiary/aromatic N) is 1. The zero-order valence-corrected chi connectivity index (χ0v) is 17.6. The number of amides is 1. The predicted octanol–water partition coefficient (Wildman–Crippen LogP) is 3.85. The molecule has 1 fully saturated rings. The van der Waals surface area contributed by atoms with Crippen molar-refractivity contribution in [1.82, 2.24) is 4.90 Å². The molecule has 3 rings (SSSR count).